The van der Waals surface area contributed by atoms with Gasteiger partial charge in [0.15, 0.2) is 0 Å². The Bertz CT molecular complexity index is 1730. The molecule has 0 radical (unpaired) electrons. The Hall–Kier alpha value is -4.34. The molecule has 0 aliphatic rings. The summed E-state index contributed by atoms with van der Waals surface area (Å²) < 4.78 is 0. The van der Waals surface area contributed by atoms with Crippen molar-refractivity contribution in [1.82, 2.24) is 9.97 Å². The number of carbonyl (C=O) groups is 2. The molecule has 0 amide bonds. The molecule has 2 heterocycles. The summed E-state index contributed by atoms with van der Waals surface area (Å²) in [4.78, 5) is 33.0. The predicted octanol–water partition coefficient (Wildman–Crippen LogP) is 9.52. The predicted molar refractivity (Wildman–Crippen MR) is 179 cm³/mol. The van der Waals surface area contributed by atoms with Gasteiger partial charge in [0.25, 0.3) is 0 Å². The Morgan fingerprint density at radius 1 is 0.523 bits per heavy atom. The van der Waals surface area contributed by atoms with Gasteiger partial charge in [-0.1, -0.05) is 108 Å². The van der Waals surface area contributed by atoms with Crippen LogP contribution in [0.5, 0.6) is 0 Å². The van der Waals surface area contributed by atoms with Crippen LogP contribution in [-0.2, 0) is 22.4 Å². The molecule has 0 aliphatic heterocycles. The zero-order chi connectivity index (χ0) is 31.1. The van der Waals surface area contributed by atoms with Gasteiger partial charge in [0, 0.05) is 42.1 Å². The smallest absolute Gasteiger partial charge is 0.308 e. The summed E-state index contributed by atoms with van der Waals surface area (Å²) >= 11 is 14.7. The van der Waals surface area contributed by atoms with E-state index in [0.29, 0.717) is 21.4 Å². The number of rotatable bonds is 8. The van der Waals surface area contributed by atoms with Crippen LogP contribution in [0.1, 0.15) is 9.75 Å². The second-order valence-electron chi connectivity index (χ2n) is 9.47. The van der Waals surface area contributed by atoms with E-state index >= 15 is 0 Å². The second-order valence-corrected chi connectivity index (χ2v) is 12.5. The van der Waals surface area contributed by atoms with E-state index in [1.165, 1.54) is 22.7 Å². The highest BCUT2D eigenvalue weighted by Gasteiger charge is 2.18. The van der Waals surface area contributed by atoms with Crippen LogP contribution < -0.4 is 0 Å². The highest BCUT2D eigenvalue weighted by Crippen LogP contribution is 2.36. The minimum atomic E-state index is -0.863. The van der Waals surface area contributed by atoms with Crippen molar-refractivity contribution in [3.05, 3.63) is 129 Å². The molecule has 0 saturated carbocycles. The van der Waals surface area contributed by atoms with Gasteiger partial charge in [0.05, 0.1) is 24.2 Å². The number of aliphatic carboxylic acids is 2. The number of thiazole rings is 2. The summed E-state index contributed by atoms with van der Waals surface area (Å²) in [7, 11) is 0. The zero-order valence-corrected chi connectivity index (χ0v) is 26.1. The molecule has 10 heteroatoms. The molecule has 2 N–H and O–H groups in total. The Morgan fingerprint density at radius 2 is 0.864 bits per heavy atom. The second kappa shape index (κ2) is 14.4. The molecule has 0 saturated heterocycles. The molecule has 44 heavy (non-hydrogen) atoms. The van der Waals surface area contributed by atoms with Crippen molar-refractivity contribution in [3.8, 4) is 43.7 Å². The minimum absolute atomic E-state index is 0.0392. The maximum Gasteiger partial charge on any atom is 0.308 e. The van der Waals surface area contributed by atoms with Crippen LogP contribution in [-0.4, -0.2) is 32.1 Å². The first-order valence-electron chi connectivity index (χ1n) is 13.3. The summed E-state index contributed by atoms with van der Waals surface area (Å²) in [5, 5.41) is 21.2. The number of carboxylic acid groups (broad SMARTS) is 2. The van der Waals surface area contributed by atoms with Crippen LogP contribution in [0.2, 0.25) is 10.0 Å². The van der Waals surface area contributed by atoms with E-state index < -0.39 is 11.9 Å². The van der Waals surface area contributed by atoms with Gasteiger partial charge in [-0.2, -0.15) is 0 Å². The lowest BCUT2D eigenvalue weighted by molar-refractivity contribution is -0.137. The zero-order valence-electron chi connectivity index (χ0n) is 23.0. The Balaban J connectivity index is 0.000000175. The molecule has 0 spiro atoms. The van der Waals surface area contributed by atoms with E-state index in [0.717, 1.165) is 42.0 Å². The van der Waals surface area contributed by atoms with Crippen molar-refractivity contribution in [3.63, 3.8) is 0 Å². The lowest BCUT2D eigenvalue weighted by atomic mass is 10.1. The molecule has 0 unspecified atom stereocenters. The van der Waals surface area contributed by atoms with Gasteiger partial charge in [0.2, 0.25) is 0 Å². The van der Waals surface area contributed by atoms with Crippen LogP contribution >= 0.6 is 45.9 Å². The molecule has 6 nitrogen and oxygen atoms in total. The van der Waals surface area contributed by atoms with E-state index in [4.69, 9.17) is 33.4 Å². The molecule has 0 bridgehead atoms. The van der Waals surface area contributed by atoms with Crippen LogP contribution in [0.3, 0.4) is 0 Å². The van der Waals surface area contributed by atoms with Crippen molar-refractivity contribution < 1.29 is 19.8 Å². The first-order chi connectivity index (χ1) is 21.3. The average Bonchev–Trinajstić information content (AvgIpc) is 3.63. The molecule has 0 atom stereocenters. The minimum Gasteiger partial charge on any atom is -0.481 e. The van der Waals surface area contributed by atoms with Crippen LogP contribution in [0.15, 0.2) is 109 Å². The van der Waals surface area contributed by atoms with Gasteiger partial charge in [-0.3, -0.25) is 9.59 Å². The topological polar surface area (TPSA) is 100 Å². The van der Waals surface area contributed by atoms with Crippen LogP contribution in [0.25, 0.3) is 43.7 Å². The fourth-order valence-electron chi connectivity index (χ4n) is 4.29. The normalized spacial score (nSPS) is 10.6. The van der Waals surface area contributed by atoms with E-state index in [-0.39, 0.29) is 12.8 Å². The molecule has 2 aromatic heterocycles. The quantitative estimate of drug-likeness (QED) is 0.169. The number of benzene rings is 4. The molecular formula is C34H24Cl2N2O4S2. The van der Waals surface area contributed by atoms with Crippen LogP contribution in [0, 0.1) is 0 Å². The third-order valence-electron chi connectivity index (χ3n) is 6.30. The van der Waals surface area contributed by atoms with Gasteiger partial charge in [0.1, 0.15) is 10.0 Å². The Kier molecular flexibility index (Phi) is 10.2. The van der Waals surface area contributed by atoms with Crippen molar-refractivity contribution in [2.24, 2.45) is 0 Å². The van der Waals surface area contributed by atoms with Gasteiger partial charge in [-0.05, 0) is 24.3 Å². The molecular weight excluding hydrogens is 635 g/mol. The summed E-state index contributed by atoms with van der Waals surface area (Å²) in [6, 6.07) is 34.1. The van der Waals surface area contributed by atoms with Crippen molar-refractivity contribution in [2.45, 2.75) is 12.8 Å². The molecule has 0 aliphatic carbocycles. The lowest BCUT2D eigenvalue weighted by Gasteiger charge is -2.00. The molecule has 4 aromatic carbocycles. The number of halogens is 2. The highest BCUT2D eigenvalue weighted by atomic mass is 35.5. The lowest BCUT2D eigenvalue weighted by Crippen LogP contribution is -1.99. The molecule has 220 valence electrons. The maximum absolute atomic E-state index is 11.1. The SMILES string of the molecule is O=C(O)Cc1sc(-c2ccccc2)nc1-c1ccc(Cl)cc1.O=C(O)Cc1sc(-c2ccccc2)nc1-c1ccc(Cl)cc1. The fraction of sp³-hybridized carbons (Fsp3) is 0.0588. The monoisotopic (exact) mass is 658 g/mol. The van der Waals surface area contributed by atoms with Gasteiger partial charge < -0.3 is 10.2 Å². The Morgan fingerprint density at radius 3 is 1.18 bits per heavy atom. The maximum atomic E-state index is 11.1. The highest BCUT2D eigenvalue weighted by molar-refractivity contribution is 7.16. The molecule has 0 fully saturated rings. The van der Waals surface area contributed by atoms with E-state index in [9.17, 15) is 9.59 Å². The van der Waals surface area contributed by atoms with Crippen molar-refractivity contribution in [1.29, 1.82) is 0 Å². The Labute approximate surface area is 271 Å². The third-order valence-corrected chi connectivity index (χ3v) is 9.01. The first-order valence-corrected chi connectivity index (χ1v) is 15.7. The van der Waals surface area contributed by atoms with E-state index in [1.807, 2.05) is 84.9 Å². The number of aromatic nitrogens is 2. The van der Waals surface area contributed by atoms with Gasteiger partial charge in [-0.25, -0.2) is 9.97 Å². The van der Waals surface area contributed by atoms with Gasteiger partial charge >= 0.3 is 11.9 Å². The summed E-state index contributed by atoms with van der Waals surface area (Å²) in [5.41, 5.74) is 5.14. The van der Waals surface area contributed by atoms with E-state index in [1.54, 1.807) is 24.3 Å². The van der Waals surface area contributed by atoms with Crippen LogP contribution in [0.4, 0.5) is 0 Å². The summed E-state index contributed by atoms with van der Waals surface area (Å²) in [6.07, 6.45) is -0.0785. The number of nitrogens with zero attached hydrogens (tertiary/aromatic N) is 2. The standard InChI is InChI=1S/2C17H12ClNO2S/c2*18-13-8-6-11(7-9-13)16-14(10-15(20)21)22-17(19-16)12-4-2-1-3-5-12/h2*1-9H,10H2,(H,20,21). The molecule has 6 aromatic rings. The number of hydrogen-bond acceptors (Lipinski definition) is 6. The van der Waals surface area contributed by atoms with Gasteiger partial charge in [-0.15, -0.1) is 22.7 Å². The summed E-state index contributed by atoms with van der Waals surface area (Å²) in [5.74, 6) is -1.73. The van der Waals surface area contributed by atoms with Crippen molar-refractivity contribution in [2.75, 3.05) is 0 Å². The van der Waals surface area contributed by atoms with Crippen molar-refractivity contribution >= 4 is 57.8 Å². The first kappa shape index (κ1) is 31.1. The average molecular weight is 660 g/mol. The number of carboxylic acids is 2. The van der Waals surface area contributed by atoms with E-state index in [2.05, 4.69) is 9.97 Å². The number of hydrogen-bond donors (Lipinski definition) is 2. The molecule has 6 rings (SSSR count). The summed E-state index contributed by atoms with van der Waals surface area (Å²) in [6.45, 7) is 0. The fourth-order valence-corrected chi connectivity index (χ4v) is 6.70. The third kappa shape index (κ3) is 7.98. The largest absolute Gasteiger partial charge is 0.481 e.